The summed E-state index contributed by atoms with van der Waals surface area (Å²) in [6.07, 6.45) is 2.26. The monoisotopic (exact) mass is 379 g/mol. The van der Waals surface area contributed by atoms with Crippen LogP contribution in [0.3, 0.4) is 0 Å². The zero-order valence-electron chi connectivity index (χ0n) is 19.0. The van der Waals surface area contributed by atoms with Gasteiger partial charge in [0.25, 0.3) is 0 Å². The number of benzene rings is 1. The fraction of sp³-hybridized carbons (Fsp3) is 0.682. The lowest BCUT2D eigenvalue weighted by atomic mass is 10.0. The zero-order valence-corrected chi connectivity index (χ0v) is 19.0. The van der Waals surface area contributed by atoms with Gasteiger partial charge in [-0.1, -0.05) is 34.6 Å². The average Bonchev–Trinajstić information content (AvgIpc) is 2.75. The van der Waals surface area contributed by atoms with Crippen LogP contribution in [0.1, 0.15) is 59.9 Å². The van der Waals surface area contributed by atoms with Gasteiger partial charge in [0.05, 0.1) is 20.3 Å². The quantitative estimate of drug-likeness (QED) is 0.699. The molecule has 156 valence electrons. The van der Waals surface area contributed by atoms with E-state index >= 15 is 0 Å². The van der Waals surface area contributed by atoms with E-state index in [1.54, 1.807) is 14.2 Å². The molecule has 1 saturated heterocycles. The summed E-state index contributed by atoms with van der Waals surface area (Å²) < 4.78 is 10.8. The van der Waals surface area contributed by atoms with Crippen LogP contribution in [-0.2, 0) is 0 Å². The van der Waals surface area contributed by atoms with Gasteiger partial charge >= 0.3 is 0 Å². The number of nitrogens with one attached hydrogen (secondary N) is 1. The number of ether oxygens (including phenoxy) is 2. The lowest BCUT2D eigenvalue weighted by Gasteiger charge is -2.29. The number of methoxy groups -OCH3 is 2. The van der Waals surface area contributed by atoms with E-state index in [0.29, 0.717) is 6.04 Å². The van der Waals surface area contributed by atoms with Gasteiger partial charge in [0.15, 0.2) is 11.5 Å². The molecule has 1 aromatic carbocycles. The van der Waals surface area contributed by atoms with Crippen LogP contribution in [0.2, 0.25) is 0 Å². The fourth-order valence-corrected chi connectivity index (χ4v) is 3.09. The number of anilines is 1. The van der Waals surface area contributed by atoms with Gasteiger partial charge in [0, 0.05) is 43.2 Å². The van der Waals surface area contributed by atoms with E-state index < -0.39 is 0 Å². The Labute approximate surface area is 167 Å². The Morgan fingerprint density at radius 2 is 1.59 bits per heavy atom. The summed E-state index contributed by atoms with van der Waals surface area (Å²) in [7, 11) is 5.23. The van der Waals surface area contributed by atoms with Gasteiger partial charge in [-0.05, 0) is 32.4 Å². The molecule has 0 aliphatic carbocycles. The fourth-order valence-electron chi connectivity index (χ4n) is 3.09. The first kappa shape index (κ1) is 25.2. The number of piperidine rings is 1. The number of rotatable bonds is 6. The third kappa shape index (κ3) is 7.41. The molecule has 0 atom stereocenters. The predicted octanol–water partition coefficient (Wildman–Crippen LogP) is 5.09. The van der Waals surface area contributed by atoms with E-state index in [1.807, 2.05) is 46.9 Å². The summed E-state index contributed by atoms with van der Waals surface area (Å²) in [4.78, 5) is 7.45. The number of likely N-dealkylation sites (tertiary alicyclic amines) is 1. The maximum atomic E-state index is 5.43. The maximum Gasteiger partial charge on any atom is 0.162 e. The lowest BCUT2D eigenvalue weighted by Crippen LogP contribution is -2.35. The van der Waals surface area contributed by atoms with Gasteiger partial charge in [-0.2, -0.15) is 0 Å². The van der Waals surface area contributed by atoms with Crippen molar-refractivity contribution in [2.24, 2.45) is 4.99 Å². The molecule has 0 aromatic heterocycles. The molecule has 0 unspecified atom stereocenters. The third-order valence-corrected chi connectivity index (χ3v) is 4.56. The first-order chi connectivity index (χ1) is 13.1. The summed E-state index contributed by atoms with van der Waals surface area (Å²) >= 11 is 0. The minimum Gasteiger partial charge on any atom is -0.493 e. The molecule has 5 nitrogen and oxygen atoms in total. The highest BCUT2D eigenvalue weighted by Gasteiger charge is 2.19. The molecule has 5 heteroatoms. The van der Waals surface area contributed by atoms with Crippen molar-refractivity contribution < 1.29 is 9.47 Å². The second kappa shape index (κ2) is 14.3. The van der Waals surface area contributed by atoms with Gasteiger partial charge in [-0.15, -0.1) is 0 Å². The van der Waals surface area contributed by atoms with E-state index in [1.165, 1.54) is 0 Å². The van der Waals surface area contributed by atoms with E-state index in [4.69, 9.17) is 14.5 Å². The van der Waals surface area contributed by atoms with Crippen LogP contribution in [-0.4, -0.2) is 57.6 Å². The van der Waals surface area contributed by atoms with E-state index in [9.17, 15) is 0 Å². The molecule has 2 rings (SSSR count). The summed E-state index contributed by atoms with van der Waals surface area (Å²) in [5.74, 6) is 1.46. The van der Waals surface area contributed by atoms with Crippen molar-refractivity contribution in [1.29, 1.82) is 0 Å². The second-order valence-corrected chi connectivity index (χ2v) is 5.88. The molecular weight excluding hydrogens is 338 g/mol. The molecule has 1 N–H and O–H groups in total. The normalized spacial score (nSPS) is 15.1. The first-order valence-corrected chi connectivity index (χ1v) is 10.3. The van der Waals surface area contributed by atoms with Crippen LogP contribution in [0, 0.1) is 0 Å². The summed E-state index contributed by atoms with van der Waals surface area (Å²) in [5.41, 5.74) is 3.13. The van der Waals surface area contributed by atoms with Crippen LogP contribution in [0.4, 0.5) is 5.69 Å². The van der Waals surface area contributed by atoms with Crippen molar-refractivity contribution in [2.45, 2.75) is 60.4 Å². The minimum atomic E-state index is 0.413. The molecule has 1 aliphatic rings. The molecule has 1 aliphatic heterocycles. The van der Waals surface area contributed by atoms with E-state index in [2.05, 4.69) is 24.1 Å². The highest BCUT2D eigenvalue weighted by molar-refractivity contribution is 6.04. The highest BCUT2D eigenvalue weighted by Crippen LogP contribution is 2.33. The molecule has 0 radical (unpaired) electrons. The molecule has 27 heavy (non-hydrogen) atoms. The van der Waals surface area contributed by atoms with Crippen LogP contribution in [0.5, 0.6) is 11.5 Å². The third-order valence-electron chi connectivity index (χ3n) is 4.56. The van der Waals surface area contributed by atoms with Crippen LogP contribution >= 0.6 is 0 Å². The number of hydrogen-bond donors (Lipinski definition) is 1. The first-order valence-electron chi connectivity index (χ1n) is 10.3. The number of aliphatic imine (C=N–C) groups is 1. The summed E-state index contributed by atoms with van der Waals surface area (Å²) in [6.45, 7) is 15.7. The predicted molar refractivity (Wildman–Crippen MR) is 119 cm³/mol. The van der Waals surface area contributed by atoms with E-state index in [-0.39, 0.29) is 0 Å². The summed E-state index contributed by atoms with van der Waals surface area (Å²) in [6, 6.07) is 4.38. The largest absolute Gasteiger partial charge is 0.493 e. The van der Waals surface area contributed by atoms with Crippen molar-refractivity contribution in [3.63, 3.8) is 0 Å². The lowest BCUT2D eigenvalue weighted by molar-refractivity contribution is 0.224. The molecule has 1 heterocycles. The van der Waals surface area contributed by atoms with Gasteiger partial charge in [-0.3, -0.25) is 4.99 Å². The van der Waals surface area contributed by atoms with Gasteiger partial charge < -0.3 is 19.7 Å². The minimum absolute atomic E-state index is 0.413. The number of nitrogens with zero attached hydrogens (tertiary/aromatic N) is 2. The molecule has 0 spiro atoms. The van der Waals surface area contributed by atoms with Crippen molar-refractivity contribution in [1.82, 2.24) is 4.90 Å². The van der Waals surface area contributed by atoms with Crippen molar-refractivity contribution >= 4 is 11.4 Å². The standard InChI is InChI=1S/C18H29N3O2.2C2H6/c1-6-21-9-7-14(8-10-21)20-13(2)15-11-17(22-4)18(23-5)12-16(15)19-3;2*1-2/h11-12,14,19H,6-10H2,1-5H3;2*1-2H3. The smallest absolute Gasteiger partial charge is 0.162 e. The molecule has 0 amide bonds. The van der Waals surface area contributed by atoms with Gasteiger partial charge in [-0.25, -0.2) is 0 Å². The van der Waals surface area contributed by atoms with Crippen molar-refractivity contribution in [2.75, 3.05) is 46.2 Å². The SMILES string of the molecule is CC.CC.CCN1CCC(N=C(C)c2cc(OC)c(OC)cc2NC)CC1. The highest BCUT2D eigenvalue weighted by atomic mass is 16.5. The topological polar surface area (TPSA) is 46.1 Å². The van der Waals surface area contributed by atoms with Crippen LogP contribution in [0.25, 0.3) is 0 Å². The second-order valence-electron chi connectivity index (χ2n) is 5.88. The Balaban J connectivity index is 0.00000158. The Kier molecular flexibility index (Phi) is 13.4. The zero-order chi connectivity index (χ0) is 20.8. The Bertz CT molecular complexity index is 551. The Morgan fingerprint density at radius 3 is 2.04 bits per heavy atom. The maximum absolute atomic E-state index is 5.43. The van der Waals surface area contributed by atoms with Gasteiger partial charge in [0.2, 0.25) is 0 Å². The van der Waals surface area contributed by atoms with Crippen molar-refractivity contribution in [3.05, 3.63) is 17.7 Å². The molecular formula is C22H41N3O2. The van der Waals surface area contributed by atoms with Crippen molar-refractivity contribution in [3.8, 4) is 11.5 Å². The number of hydrogen-bond acceptors (Lipinski definition) is 5. The summed E-state index contributed by atoms with van der Waals surface area (Å²) in [5, 5.41) is 3.23. The molecule has 0 bridgehead atoms. The molecule has 1 aromatic rings. The van der Waals surface area contributed by atoms with Gasteiger partial charge in [0.1, 0.15) is 0 Å². The van der Waals surface area contributed by atoms with E-state index in [0.717, 1.165) is 60.9 Å². The van der Waals surface area contributed by atoms with Crippen LogP contribution < -0.4 is 14.8 Å². The molecule has 1 fully saturated rings. The Hall–Kier alpha value is -1.75. The Morgan fingerprint density at radius 1 is 1.07 bits per heavy atom. The molecule has 0 saturated carbocycles. The van der Waals surface area contributed by atoms with Crippen LogP contribution in [0.15, 0.2) is 17.1 Å². The average molecular weight is 380 g/mol.